The molecule has 0 aromatic heterocycles. The van der Waals surface area contributed by atoms with Crippen molar-refractivity contribution in [3.05, 3.63) is 23.3 Å². The molecule has 1 spiro atoms. The van der Waals surface area contributed by atoms with Crippen LogP contribution in [0.15, 0.2) is 12.1 Å². The lowest BCUT2D eigenvalue weighted by molar-refractivity contribution is -0.204. The zero-order valence-electron chi connectivity index (χ0n) is 17.8. The predicted octanol–water partition coefficient (Wildman–Crippen LogP) is 0.117. The summed E-state index contributed by atoms with van der Waals surface area (Å²) in [7, 11) is 3.87. The Balaban J connectivity index is 1.63. The first-order valence-electron chi connectivity index (χ1n) is 10.8. The van der Waals surface area contributed by atoms with Crippen LogP contribution in [-0.4, -0.2) is 77.5 Å². The number of methoxy groups -OCH3 is 1. The van der Waals surface area contributed by atoms with Crippen LogP contribution in [0.3, 0.4) is 0 Å². The molecule has 4 aliphatic rings. The van der Waals surface area contributed by atoms with Gasteiger partial charge in [0.25, 0.3) is 0 Å². The van der Waals surface area contributed by atoms with Crippen LogP contribution in [0.1, 0.15) is 36.8 Å². The Labute approximate surface area is 180 Å². The molecule has 1 saturated carbocycles. The molecule has 2 aliphatic heterocycles. The summed E-state index contributed by atoms with van der Waals surface area (Å²) < 4.78 is 12.8. The molecule has 2 aliphatic carbocycles. The molecule has 1 amide bonds. The van der Waals surface area contributed by atoms with Crippen LogP contribution in [0.25, 0.3) is 0 Å². The SMILES string of the molecule is CO[C@@]12CC[C@@H](N[C@@H](CC(N)=O)C(=O)O)[C@@H]3Oc4c(O)ccc5c4[C@@]31CCN(C)C2C5. The minimum atomic E-state index is -1.12. The standard InChI is InChI=1S/C22H29N3O6/c1-25-8-7-21-17-11-3-4-14(26)18(17)31-19(21)12(24-13(20(28)29)10-16(23)27)5-6-22(21,30-2)15(25)9-11/h3-4,12-13,15,19,24,26H,5-10H2,1-2H3,(H2,23,27)(H,28,29)/t12-,13+,15?,19+,21+,22-/m1/s1. The number of phenols is 1. The van der Waals surface area contributed by atoms with Gasteiger partial charge in [-0.3, -0.25) is 14.9 Å². The van der Waals surface area contributed by atoms with Gasteiger partial charge in [-0.1, -0.05) is 6.07 Å². The number of likely N-dealkylation sites (N-methyl/N-ethyl adjacent to an activating group) is 1. The minimum absolute atomic E-state index is 0.0931. The number of nitrogens with zero attached hydrogens (tertiary/aromatic N) is 1. The number of phenolic OH excluding ortho intramolecular Hbond substituents is 1. The van der Waals surface area contributed by atoms with E-state index in [9.17, 15) is 19.8 Å². The van der Waals surface area contributed by atoms with Crippen LogP contribution >= 0.6 is 0 Å². The molecule has 9 nitrogen and oxygen atoms in total. The highest BCUT2D eigenvalue weighted by molar-refractivity contribution is 5.83. The fourth-order valence-electron chi connectivity index (χ4n) is 6.99. The highest BCUT2D eigenvalue weighted by Crippen LogP contribution is 2.66. The Morgan fingerprint density at radius 2 is 2.19 bits per heavy atom. The van der Waals surface area contributed by atoms with Crippen molar-refractivity contribution in [3.8, 4) is 11.5 Å². The number of carbonyl (C=O) groups excluding carboxylic acids is 1. The molecule has 9 heteroatoms. The van der Waals surface area contributed by atoms with Crippen molar-refractivity contribution in [2.45, 2.75) is 67.3 Å². The van der Waals surface area contributed by atoms with Crippen molar-refractivity contribution >= 4 is 11.9 Å². The van der Waals surface area contributed by atoms with Crippen LogP contribution in [-0.2, 0) is 26.2 Å². The molecule has 6 atom stereocenters. The average molecular weight is 431 g/mol. The first kappa shape index (κ1) is 20.5. The van der Waals surface area contributed by atoms with Gasteiger partial charge in [0, 0.05) is 24.8 Å². The molecule has 5 rings (SSSR count). The van der Waals surface area contributed by atoms with Crippen LogP contribution in [0, 0.1) is 0 Å². The van der Waals surface area contributed by atoms with Gasteiger partial charge < -0.3 is 30.3 Å². The van der Waals surface area contributed by atoms with E-state index in [1.165, 1.54) is 0 Å². The van der Waals surface area contributed by atoms with Crippen molar-refractivity contribution in [1.29, 1.82) is 0 Å². The summed E-state index contributed by atoms with van der Waals surface area (Å²) >= 11 is 0. The lowest BCUT2D eigenvalue weighted by Crippen LogP contribution is -2.78. The number of primary amides is 1. The topological polar surface area (TPSA) is 134 Å². The number of nitrogens with one attached hydrogen (secondary N) is 1. The normalized spacial score (nSPS) is 36.4. The number of aromatic hydroxyl groups is 1. The molecule has 1 saturated heterocycles. The number of benzene rings is 1. The van der Waals surface area contributed by atoms with Crippen LogP contribution in [0.5, 0.6) is 11.5 Å². The van der Waals surface area contributed by atoms with Crippen LogP contribution < -0.4 is 15.8 Å². The second-order valence-electron chi connectivity index (χ2n) is 9.37. The quantitative estimate of drug-likeness (QED) is 0.499. The van der Waals surface area contributed by atoms with E-state index in [1.54, 1.807) is 13.2 Å². The summed E-state index contributed by atoms with van der Waals surface area (Å²) in [4.78, 5) is 25.6. The number of likely N-dealkylation sites (tertiary alicyclic amines) is 1. The lowest BCUT2D eigenvalue weighted by atomic mass is 9.48. The van der Waals surface area contributed by atoms with E-state index in [0.717, 1.165) is 30.5 Å². The van der Waals surface area contributed by atoms with E-state index in [-0.39, 0.29) is 24.3 Å². The van der Waals surface area contributed by atoms with Gasteiger partial charge in [-0.2, -0.15) is 0 Å². The molecule has 2 heterocycles. The monoisotopic (exact) mass is 431 g/mol. The molecule has 1 unspecified atom stereocenters. The smallest absolute Gasteiger partial charge is 0.321 e. The number of hydrogen-bond acceptors (Lipinski definition) is 7. The number of ether oxygens (including phenoxy) is 2. The Kier molecular flexibility index (Phi) is 4.52. The summed E-state index contributed by atoms with van der Waals surface area (Å²) in [6, 6.07) is 2.37. The van der Waals surface area contributed by atoms with E-state index < -0.39 is 35.0 Å². The number of hydrogen-bond donors (Lipinski definition) is 4. The molecule has 2 fully saturated rings. The predicted molar refractivity (Wildman–Crippen MR) is 110 cm³/mol. The third kappa shape index (κ3) is 2.54. The zero-order chi connectivity index (χ0) is 22.1. The van der Waals surface area contributed by atoms with E-state index >= 15 is 0 Å². The van der Waals surface area contributed by atoms with Gasteiger partial charge in [-0.25, -0.2) is 0 Å². The zero-order valence-corrected chi connectivity index (χ0v) is 17.8. The van der Waals surface area contributed by atoms with Gasteiger partial charge in [0.05, 0.1) is 17.4 Å². The molecule has 5 N–H and O–H groups in total. The summed E-state index contributed by atoms with van der Waals surface area (Å²) in [5.74, 6) is -1.21. The third-order valence-electron chi connectivity index (χ3n) is 8.17. The molecule has 1 aromatic rings. The summed E-state index contributed by atoms with van der Waals surface area (Å²) in [6.07, 6.45) is 2.20. The van der Waals surface area contributed by atoms with E-state index in [0.29, 0.717) is 18.6 Å². The fraction of sp³-hybridized carbons (Fsp3) is 0.636. The van der Waals surface area contributed by atoms with E-state index in [2.05, 4.69) is 17.3 Å². The van der Waals surface area contributed by atoms with Gasteiger partial charge >= 0.3 is 5.97 Å². The number of amides is 1. The average Bonchev–Trinajstić information content (AvgIpc) is 3.08. The third-order valence-corrected chi connectivity index (χ3v) is 8.17. The Morgan fingerprint density at radius 3 is 2.87 bits per heavy atom. The van der Waals surface area contributed by atoms with Crippen molar-refractivity contribution in [3.63, 3.8) is 0 Å². The first-order valence-corrected chi connectivity index (χ1v) is 10.8. The number of nitrogens with two attached hydrogens (primary N) is 1. The van der Waals surface area contributed by atoms with Crippen molar-refractivity contribution in [2.24, 2.45) is 5.73 Å². The molecule has 31 heavy (non-hydrogen) atoms. The highest BCUT2D eigenvalue weighted by Gasteiger charge is 2.73. The van der Waals surface area contributed by atoms with Gasteiger partial charge in [0.1, 0.15) is 12.1 Å². The molecule has 0 radical (unpaired) electrons. The van der Waals surface area contributed by atoms with Crippen molar-refractivity contribution in [1.82, 2.24) is 10.2 Å². The van der Waals surface area contributed by atoms with Gasteiger partial charge in [0.15, 0.2) is 11.5 Å². The number of carbonyl (C=O) groups is 2. The largest absolute Gasteiger partial charge is 0.504 e. The summed E-state index contributed by atoms with van der Waals surface area (Å²) in [5, 5.41) is 23.4. The second kappa shape index (κ2) is 6.82. The van der Waals surface area contributed by atoms with Crippen LogP contribution in [0.2, 0.25) is 0 Å². The van der Waals surface area contributed by atoms with E-state index in [1.807, 2.05) is 6.07 Å². The minimum Gasteiger partial charge on any atom is -0.504 e. The molecular weight excluding hydrogens is 402 g/mol. The number of rotatable bonds is 6. The first-order chi connectivity index (χ1) is 14.7. The van der Waals surface area contributed by atoms with Gasteiger partial charge in [-0.15, -0.1) is 0 Å². The summed E-state index contributed by atoms with van der Waals surface area (Å²) in [5.41, 5.74) is 6.43. The highest BCUT2D eigenvalue weighted by atomic mass is 16.5. The van der Waals surface area contributed by atoms with Gasteiger partial charge in [-0.05, 0) is 50.9 Å². The Hall–Kier alpha value is -2.36. The molecule has 2 bridgehead atoms. The number of aliphatic carboxylic acids is 1. The second-order valence-corrected chi connectivity index (χ2v) is 9.37. The lowest BCUT2D eigenvalue weighted by Gasteiger charge is -2.65. The maximum atomic E-state index is 11.8. The van der Waals surface area contributed by atoms with Crippen molar-refractivity contribution in [2.75, 3.05) is 20.7 Å². The summed E-state index contributed by atoms with van der Waals surface area (Å²) in [6.45, 7) is 0.848. The Bertz CT molecular complexity index is 953. The fourth-order valence-corrected chi connectivity index (χ4v) is 6.99. The number of piperidine rings is 1. The molecular formula is C22H29N3O6. The van der Waals surface area contributed by atoms with Crippen LogP contribution in [0.4, 0.5) is 0 Å². The maximum absolute atomic E-state index is 11.8. The van der Waals surface area contributed by atoms with Crippen molar-refractivity contribution < 1.29 is 29.3 Å². The number of carboxylic acid groups (broad SMARTS) is 1. The van der Waals surface area contributed by atoms with Gasteiger partial charge in [0.2, 0.25) is 5.91 Å². The maximum Gasteiger partial charge on any atom is 0.321 e. The molecule has 1 aromatic carbocycles. The molecule has 168 valence electrons. The Morgan fingerprint density at radius 1 is 1.42 bits per heavy atom. The number of carboxylic acids is 1. The van der Waals surface area contributed by atoms with E-state index in [4.69, 9.17) is 15.2 Å².